The Morgan fingerprint density at radius 2 is 0.881 bits per heavy atom. The maximum absolute atomic E-state index is 14.7. The van der Waals surface area contributed by atoms with Crippen LogP contribution in [0, 0.1) is 40.9 Å². The van der Waals surface area contributed by atoms with Gasteiger partial charge in [-0.25, -0.2) is 51.1 Å². The molecule has 0 spiro atoms. The van der Waals surface area contributed by atoms with Gasteiger partial charge in [0.2, 0.25) is 17.1 Å². The second kappa shape index (κ2) is 26.5. The van der Waals surface area contributed by atoms with E-state index in [9.17, 15) is 21.6 Å². The fourth-order valence-corrected chi connectivity index (χ4v) is 15.1. The highest BCUT2D eigenvalue weighted by molar-refractivity contribution is 14.1. The second-order valence-electron chi connectivity index (χ2n) is 25.8. The summed E-state index contributed by atoms with van der Waals surface area (Å²) in [6.45, 7) is 25.6. The Balaban J connectivity index is 0.000000118. The second-order valence-corrected chi connectivity index (χ2v) is 28.7. The Morgan fingerprint density at radius 3 is 1.28 bits per heavy atom. The van der Waals surface area contributed by atoms with Crippen LogP contribution in [0.3, 0.4) is 0 Å². The monoisotopic (exact) mass is 1480 g/mol. The summed E-state index contributed by atoms with van der Waals surface area (Å²) in [6.07, 6.45) is 22.1. The lowest BCUT2D eigenvalue weighted by atomic mass is 10.0. The first-order valence-electron chi connectivity index (χ1n) is 33.2. The van der Waals surface area contributed by atoms with Crippen LogP contribution >= 0.6 is 22.6 Å². The van der Waals surface area contributed by atoms with Crippen LogP contribution in [0.5, 0.6) is 17.2 Å². The number of benzene rings is 3. The molecule has 25 heteroatoms. The summed E-state index contributed by atoms with van der Waals surface area (Å²) in [5.41, 5.74) is 15.6. The topological polar surface area (TPSA) is 202 Å². The fraction of sp³-hybridized carbons (Fsp3) is 0.250. The Morgan fingerprint density at radius 1 is 0.495 bits per heavy atom. The number of ether oxygens (including phenoxy) is 3. The minimum atomic E-state index is -3.68. The van der Waals surface area contributed by atoms with E-state index < -0.39 is 9.84 Å². The predicted octanol–water partition coefficient (Wildman–Crippen LogP) is 16.5. The molecule has 12 aromatic rings. The van der Waals surface area contributed by atoms with Crippen LogP contribution < -0.4 is 30.2 Å². The zero-order valence-corrected chi connectivity index (χ0v) is 57.3. The van der Waals surface area contributed by atoms with Crippen molar-refractivity contribution in [2.75, 3.05) is 42.0 Å². The van der Waals surface area contributed by atoms with Crippen LogP contribution in [0.1, 0.15) is 107 Å². The number of nitrogens with one attached hydrogen (secondary N) is 3. The highest BCUT2D eigenvalue weighted by atomic mass is 127. The number of halogens is 4. The molecule has 101 heavy (non-hydrogen) atoms. The van der Waals surface area contributed by atoms with Gasteiger partial charge in [0, 0.05) is 154 Å². The first kappa shape index (κ1) is 64.6. The fourth-order valence-electron chi connectivity index (χ4n) is 13.7. The van der Waals surface area contributed by atoms with Crippen molar-refractivity contribution in [2.45, 2.75) is 100 Å². The summed E-state index contributed by atoms with van der Waals surface area (Å²) in [5, 5.41) is 9.68. The summed E-state index contributed by atoms with van der Waals surface area (Å²) >= 11 is 2.21. The summed E-state index contributed by atoms with van der Waals surface area (Å²) in [7, 11) is -3.68. The lowest BCUT2D eigenvalue weighted by Crippen LogP contribution is -2.09. The van der Waals surface area contributed by atoms with E-state index >= 15 is 0 Å². The number of hydrogen-bond donors (Lipinski definition) is 3. The molecule has 0 unspecified atom stereocenters. The molecule has 0 atom stereocenters. The lowest BCUT2D eigenvalue weighted by molar-refractivity contribution is 0.356. The molecule has 12 heterocycles. The number of sulfone groups is 1. The first-order chi connectivity index (χ1) is 49.2. The third kappa shape index (κ3) is 12.5. The van der Waals surface area contributed by atoms with Gasteiger partial charge in [-0.3, -0.25) is 28.2 Å². The number of hydrogen-bond acceptors (Lipinski definition) is 14. The van der Waals surface area contributed by atoms with E-state index in [2.05, 4.69) is 107 Å². The molecule has 20 nitrogen and oxygen atoms in total. The smallest absolute Gasteiger partial charge is 0.227 e. The van der Waals surface area contributed by atoms with Crippen molar-refractivity contribution in [3.05, 3.63) is 241 Å². The SMILES string of the molecule is [C-]#[N+]c1cc(-c2ccc(C3CC3)nc2)c2c(I)ncn2c1NCc1c(F)ccc2c1CCO2.[C-]#[N+]c1cc(-c2ccc(C3CC3)nc2)c2c(S(C)(=O)=O)ncn2c1NCc1c(F)ccc2c1CCO2.[C-]#[N+]c1cc(-c2ccc(C3CC3)nc2)c2cncn2c1NCc1c(F)ccc2c1CCO2. The molecule has 3 N–H and O–H groups in total. The molecular formula is C76H61F3IN15O5S. The Hall–Kier alpha value is -11.1. The summed E-state index contributed by atoms with van der Waals surface area (Å²) < 4.78 is 92.1. The van der Waals surface area contributed by atoms with E-state index in [1.165, 1.54) is 50.2 Å². The predicted molar refractivity (Wildman–Crippen MR) is 385 cm³/mol. The van der Waals surface area contributed by atoms with Gasteiger partial charge in [-0.15, -0.1) is 0 Å². The van der Waals surface area contributed by atoms with E-state index in [0.717, 1.165) is 101 Å². The molecule has 3 fully saturated rings. The average molecular weight is 1480 g/mol. The van der Waals surface area contributed by atoms with E-state index in [4.69, 9.17) is 33.9 Å². The van der Waals surface area contributed by atoms with Gasteiger partial charge < -0.3 is 30.2 Å². The summed E-state index contributed by atoms with van der Waals surface area (Å²) in [5.74, 6) is 4.40. The van der Waals surface area contributed by atoms with Gasteiger partial charge >= 0.3 is 0 Å². The molecule has 0 saturated heterocycles. The molecule has 18 rings (SSSR count). The van der Waals surface area contributed by atoms with Crippen molar-refractivity contribution in [1.29, 1.82) is 0 Å². The van der Waals surface area contributed by atoms with E-state index in [-0.39, 0.29) is 47.8 Å². The van der Waals surface area contributed by atoms with E-state index in [1.807, 2.05) is 45.5 Å². The largest absolute Gasteiger partial charge is 0.493 e. The third-order valence-corrected chi connectivity index (χ3v) is 21.1. The van der Waals surface area contributed by atoms with Gasteiger partial charge in [0.25, 0.3) is 0 Å². The Kier molecular flexibility index (Phi) is 17.0. The zero-order valence-electron chi connectivity index (χ0n) is 54.4. The normalized spacial score (nSPS) is 14.8. The van der Waals surface area contributed by atoms with E-state index in [1.54, 1.807) is 53.7 Å². The highest BCUT2D eigenvalue weighted by Gasteiger charge is 2.31. The van der Waals surface area contributed by atoms with Crippen molar-refractivity contribution in [1.82, 2.24) is 43.1 Å². The molecule has 3 saturated carbocycles. The molecule has 0 bridgehead atoms. The number of anilines is 3. The maximum atomic E-state index is 14.7. The van der Waals surface area contributed by atoms with Crippen LogP contribution in [0.15, 0.2) is 140 Å². The summed E-state index contributed by atoms with van der Waals surface area (Å²) in [6, 6.07) is 26.7. The van der Waals surface area contributed by atoms with Gasteiger partial charge in [0.1, 0.15) is 68.5 Å². The van der Waals surface area contributed by atoms with Gasteiger partial charge in [0.05, 0.1) is 68.6 Å². The minimum absolute atomic E-state index is 0.0940. The lowest BCUT2D eigenvalue weighted by Gasteiger charge is -2.16. The molecule has 3 aromatic carbocycles. The van der Waals surface area contributed by atoms with Crippen molar-refractivity contribution in [3.63, 3.8) is 0 Å². The van der Waals surface area contributed by atoms with Crippen molar-refractivity contribution in [3.8, 4) is 50.6 Å². The van der Waals surface area contributed by atoms with Crippen LogP contribution in [0.25, 0.3) is 64.5 Å². The number of aromatic nitrogens is 9. The molecule has 504 valence electrons. The first-order valence-corrected chi connectivity index (χ1v) is 36.1. The number of fused-ring (bicyclic) bond motifs is 6. The van der Waals surface area contributed by atoms with Crippen LogP contribution in [-0.2, 0) is 48.7 Å². The molecule has 9 aromatic heterocycles. The molecule has 3 aliphatic carbocycles. The van der Waals surface area contributed by atoms with E-state index in [0.29, 0.717) is 125 Å². The van der Waals surface area contributed by atoms with Gasteiger partial charge in [-0.1, -0.05) is 18.2 Å². The highest BCUT2D eigenvalue weighted by Crippen LogP contribution is 2.46. The van der Waals surface area contributed by atoms with Crippen LogP contribution in [0.4, 0.5) is 47.7 Å². The van der Waals surface area contributed by atoms with Crippen LogP contribution in [0.2, 0.25) is 0 Å². The average Bonchev–Trinajstić information content (AvgIpc) is 1.68. The quantitative estimate of drug-likeness (QED) is 0.0609. The minimum Gasteiger partial charge on any atom is -0.493 e. The molecule has 0 amide bonds. The van der Waals surface area contributed by atoms with Gasteiger partial charge in [0.15, 0.2) is 14.9 Å². The maximum Gasteiger partial charge on any atom is 0.227 e. The number of rotatable bonds is 16. The van der Waals surface area contributed by atoms with Crippen molar-refractivity contribution >= 4 is 83.5 Å². The third-order valence-electron chi connectivity index (χ3n) is 19.3. The summed E-state index contributed by atoms with van der Waals surface area (Å²) in [4.78, 5) is 38.1. The Labute approximate surface area is 592 Å². The number of pyridine rings is 6. The molecular weight excluding hydrogens is 1420 g/mol. The number of nitrogens with zero attached hydrogens (tertiary/aromatic N) is 12. The zero-order chi connectivity index (χ0) is 69.2. The van der Waals surface area contributed by atoms with Crippen LogP contribution in [-0.4, -0.2) is 77.6 Å². The Bertz CT molecular complexity index is 5580. The standard InChI is InChI=1S/C26H22FN5O3S.C25H19FIN5O.C25H20FN5O/c1-28-22-11-18(16-5-7-21(29-12-16)15-3-4-15)24-26(36(2,33)34)31-14-32(24)25(22)30-13-19-17-9-10-35-23(17)8-6-20(19)27;1-28-21-10-17(15-4-6-20(29-11-15)14-2-3-14)23-24(27)31-13-32(23)25(21)30-12-18-16-8-9-33-22(16)7-5-19(18)26;1-27-22-10-18(16-4-6-21(29-11-16)15-2-3-15)23-13-28-14-31(23)25(22)30-12-19-17-8-9-32-24(17)7-5-20(19)26/h5-8,11-12,14-15,30H,3-4,9-10,13H2,2H3;4-7,10-11,13-14,30H,2-3,8-9,12H2;4-7,10-11,13-15,30H,2-3,8-9,12H2. The van der Waals surface area contributed by atoms with Gasteiger partial charge in [-0.05, 0) is 145 Å². The molecule has 3 aliphatic heterocycles. The van der Waals surface area contributed by atoms with Crippen molar-refractivity contribution in [2.24, 2.45) is 0 Å². The number of imidazole rings is 3. The molecule has 6 aliphatic rings. The van der Waals surface area contributed by atoms with Gasteiger partial charge in [-0.2, -0.15) is 0 Å². The van der Waals surface area contributed by atoms with Crippen molar-refractivity contribution < 1.29 is 35.8 Å². The molecule has 0 radical (unpaired) electrons.